The van der Waals surface area contributed by atoms with Crippen LogP contribution in [0.3, 0.4) is 0 Å². The Labute approximate surface area is 133 Å². The Morgan fingerprint density at radius 1 is 1.19 bits per heavy atom. The van der Waals surface area contributed by atoms with Gasteiger partial charge >= 0.3 is 0 Å². The molecule has 0 fully saturated rings. The minimum Gasteiger partial charge on any atom is -0.324 e. The Morgan fingerprint density at radius 3 is 2.19 bits per heavy atom. The number of amides is 2. The molecule has 116 valence electrons. The zero-order valence-electron chi connectivity index (χ0n) is 11.8. The second kappa shape index (κ2) is 7.61. The maximum Gasteiger partial charge on any atom is 0.227 e. The molecule has 0 aliphatic carbocycles. The van der Waals surface area contributed by atoms with Crippen LogP contribution >= 0.6 is 23.2 Å². The SMILES string of the molecule is CCCC(=O)Nc1cccc(NC(=O)CC(C)(Cl)Cl)c1F. The molecule has 4 nitrogen and oxygen atoms in total. The highest BCUT2D eigenvalue weighted by molar-refractivity contribution is 6.49. The first-order valence-electron chi connectivity index (χ1n) is 6.49. The van der Waals surface area contributed by atoms with Crippen molar-refractivity contribution >= 4 is 46.4 Å². The summed E-state index contributed by atoms with van der Waals surface area (Å²) in [5, 5.41) is 4.83. The van der Waals surface area contributed by atoms with Gasteiger partial charge in [0.25, 0.3) is 0 Å². The Kier molecular flexibility index (Phi) is 6.42. The molecule has 2 N–H and O–H groups in total. The third-order valence-electron chi connectivity index (χ3n) is 2.49. The number of hydrogen-bond acceptors (Lipinski definition) is 2. The summed E-state index contributed by atoms with van der Waals surface area (Å²) >= 11 is 11.4. The zero-order chi connectivity index (χ0) is 16.0. The van der Waals surface area contributed by atoms with E-state index >= 15 is 0 Å². The van der Waals surface area contributed by atoms with Gasteiger partial charge in [0, 0.05) is 6.42 Å². The third kappa shape index (κ3) is 6.31. The Morgan fingerprint density at radius 2 is 1.71 bits per heavy atom. The zero-order valence-corrected chi connectivity index (χ0v) is 13.3. The van der Waals surface area contributed by atoms with Crippen LogP contribution in [0.4, 0.5) is 15.8 Å². The van der Waals surface area contributed by atoms with Gasteiger partial charge in [0.2, 0.25) is 11.8 Å². The van der Waals surface area contributed by atoms with Gasteiger partial charge in [-0.05, 0) is 25.5 Å². The molecule has 0 spiro atoms. The summed E-state index contributed by atoms with van der Waals surface area (Å²) in [6.07, 6.45) is 0.781. The van der Waals surface area contributed by atoms with Crippen molar-refractivity contribution in [2.75, 3.05) is 10.6 Å². The lowest BCUT2D eigenvalue weighted by molar-refractivity contribution is -0.117. The van der Waals surface area contributed by atoms with Gasteiger partial charge in [0.15, 0.2) is 5.82 Å². The van der Waals surface area contributed by atoms with Gasteiger partial charge in [0.1, 0.15) is 4.33 Å². The average molecular weight is 335 g/mol. The average Bonchev–Trinajstić information content (AvgIpc) is 2.32. The van der Waals surface area contributed by atoms with Crippen LogP contribution in [0.2, 0.25) is 0 Å². The van der Waals surface area contributed by atoms with E-state index in [0.29, 0.717) is 12.8 Å². The summed E-state index contributed by atoms with van der Waals surface area (Å²) in [5.74, 6) is -1.51. The molecule has 0 aliphatic heterocycles. The molecular weight excluding hydrogens is 318 g/mol. The summed E-state index contributed by atoms with van der Waals surface area (Å²) in [6, 6.07) is 4.34. The molecule has 0 bridgehead atoms. The number of alkyl halides is 2. The summed E-state index contributed by atoms with van der Waals surface area (Å²) in [6.45, 7) is 3.31. The third-order valence-corrected chi connectivity index (χ3v) is 2.76. The molecule has 1 aromatic carbocycles. The van der Waals surface area contributed by atoms with Crippen LogP contribution in [-0.2, 0) is 9.59 Å². The van der Waals surface area contributed by atoms with Gasteiger partial charge < -0.3 is 10.6 Å². The van der Waals surface area contributed by atoms with Gasteiger partial charge in [-0.3, -0.25) is 9.59 Å². The molecule has 0 saturated heterocycles. The van der Waals surface area contributed by atoms with Crippen molar-refractivity contribution in [1.29, 1.82) is 0 Å². The predicted octanol–water partition coefficient (Wildman–Crippen LogP) is 4.09. The van der Waals surface area contributed by atoms with Crippen molar-refractivity contribution in [2.24, 2.45) is 0 Å². The lowest BCUT2D eigenvalue weighted by Crippen LogP contribution is -2.21. The molecule has 0 aromatic heterocycles. The Hall–Kier alpha value is -1.33. The van der Waals surface area contributed by atoms with E-state index in [9.17, 15) is 14.0 Å². The Bertz CT molecular complexity index is 530. The van der Waals surface area contributed by atoms with Crippen LogP contribution in [0.1, 0.15) is 33.1 Å². The minimum atomic E-state index is -1.23. The maximum absolute atomic E-state index is 14.2. The molecule has 0 saturated carbocycles. The first kappa shape index (κ1) is 17.7. The number of anilines is 2. The van der Waals surface area contributed by atoms with Crippen LogP contribution in [-0.4, -0.2) is 16.1 Å². The molecule has 0 radical (unpaired) electrons. The highest BCUT2D eigenvalue weighted by Gasteiger charge is 2.22. The van der Waals surface area contributed by atoms with E-state index in [0.717, 1.165) is 0 Å². The fraction of sp³-hybridized carbons (Fsp3) is 0.429. The van der Waals surface area contributed by atoms with E-state index in [1.165, 1.54) is 25.1 Å². The first-order chi connectivity index (χ1) is 9.73. The largest absolute Gasteiger partial charge is 0.324 e. The molecule has 2 amide bonds. The van der Waals surface area contributed by atoms with Gasteiger partial charge in [-0.1, -0.05) is 13.0 Å². The van der Waals surface area contributed by atoms with Crippen LogP contribution in [0.5, 0.6) is 0 Å². The lowest BCUT2D eigenvalue weighted by Gasteiger charge is -2.14. The molecule has 0 heterocycles. The normalized spacial score (nSPS) is 11.1. The quantitative estimate of drug-likeness (QED) is 0.770. The van der Waals surface area contributed by atoms with Gasteiger partial charge in [-0.15, -0.1) is 23.2 Å². The van der Waals surface area contributed by atoms with Crippen LogP contribution < -0.4 is 10.6 Å². The Balaban J connectivity index is 2.81. The van der Waals surface area contributed by atoms with E-state index in [1.54, 1.807) is 0 Å². The van der Waals surface area contributed by atoms with Crippen molar-refractivity contribution < 1.29 is 14.0 Å². The molecule has 1 rings (SSSR count). The second-order valence-electron chi connectivity index (χ2n) is 4.76. The van der Waals surface area contributed by atoms with E-state index in [1.807, 2.05) is 6.92 Å². The lowest BCUT2D eigenvalue weighted by atomic mass is 10.2. The summed E-state index contributed by atoms with van der Waals surface area (Å²) in [4.78, 5) is 23.2. The summed E-state index contributed by atoms with van der Waals surface area (Å²) < 4.78 is 12.9. The van der Waals surface area contributed by atoms with E-state index in [2.05, 4.69) is 10.6 Å². The molecule has 1 aromatic rings. The van der Waals surface area contributed by atoms with Crippen LogP contribution in [0, 0.1) is 5.82 Å². The number of benzene rings is 1. The summed E-state index contributed by atoms with van der Waals surface area (Å²) in [7, 11) is 0. The molecule has 7 heteroatoms. The van der Waals surface area contributed by atoms with Crippen molar-refractivity contribution in [1.82, 2.24) is 0 Å². The van der Waals surface area contributed by atoms with Crippen molar-refractivity contribution in [3.8, 4) is 0 Å². The highest BCUT2D eigenvalue weighted by Crippen LogP contribution is 2.26. The standard InChI is InChI=1S/C14H17Cl2FN2O2/c1-3-5-11(20)18-9-6-4-7-10(13(9)17)19-12(21)8-14(2,15)16/h4,6-7H,3,5,8H2,1-2H3,(H,18,20)(H,19,21). The van der Waals surface area contributed by atoms with E-state index in [-0.39, 0.29) is 23.7 Å². The molecule has 0 unspecified atom stereocenters. The molecule has 21 heavy (non-hydrogen) atoms. The fourth-order valence-corrected chi connectivity index (χ4v) is 1.88. The first-order valence-corrected chi connectivity index (χ1v) is 7.24. The smallest absolute Gasteiger partial charge is 0.227 e. The number of hydrogen-bond donors (Lipinski definition) is 2. The minimum absolute atomic E-state index is 0.0192. The van der Waals surface area contributed by atoms with Gasteiger partial charge in [0.05, 0.1) is 17.8 Å². The topological polar surface area (TPSA) is 58.2 Å². The number of carbonyl (C=O) groups excluding carboxylic acids is 2. The van der Waals surface area contributed by atoms with E-state index in [4.69, 9.17) is 23.2 Å². The fourth-order valence-electron chi connectivity index (χ4n) is 1.64. The molecule has 0 atom stereocenters. The molecular formula is C14H17Cl2FN2O2. The number of carbonyl (C=O) groups is 2. The monoisotopic (exact) mass is 334 g/mol. The number of nitrogens with one attached hydrogen (secondary N) is 2. The van der Waals surface area contributed by atoms with Crippen LogP contribution in [0.15, 0.2) is 18.2 Å². The summed E-state index contributed by atoms with van der Waals surface area (Å²) in [5.41, 5.74) is -0.0161. The predicted molar refractivity (Wildman–Crippen MR) is 83.3 cm³/mol. The second-order valence-corrected chi connectivity index (χ2v) is 6.62. The van der Waals surface area contributed by atoms with E-state index < -0.39 is 16.1 Å². The van der Waals surface area contributed by atoms with Crippen molar-refractivity contribution in [3.05, 3.63) is 24.0 Å². The van der Waals surface area contributed by atoms with Crippen LogP contribution in [0.25, 0.3) is 0 Å². The number of halogens is 3. The maximum atomic E-state index is 14.2. The van der Waals surface area contributed by atoms with Gasteiger partial charge in [-0.25, -0.2) is 4.39 Å². The van der Waals surface area contributed by atoms with Crippen molar-refractivity contribution in [2.45, 2.75) is 37.4 Å². The van der Waals surface area contributed by atoms with Crippen molar-refractivity contribution in [3.63, 3.8) is 0 Å². The highest BCUT2D eigenvalue weighted by atomic mass is 35.5. The number of rotatable bonds is 6. The van der Waals surface area contributed by atoms with Gasteiger partial charge in [-0.2, -0.15) is 0 Å². The molecule has 0 aliphatic rings.